The molecule has 0 saturated carbocycles. The molecule has 0 spiro atoms. The number of nitriles is 1. The van der Waals surface area contributed by atoms with Crippen molar-refractivity contribution in [1.82, 2.24) is 5.32 Å². The Hall–Kier alpha value is -2.16. The van der Waals surface area contributed by atoms with Crippen LogP contribution in [0.2, 0.25) is 0 Å². The molecule has 1 amide bonds. The van der Waals surface area contributed by atoms with E-state index in [1.54, 1.807) is 12.1 Å². The van der Waals surface area contributed by atoms with Gasteiger partial charge in [0, 0.05) is 16.7 Å². The Bertz CT molecular complexity index is 662. The van der Waals surface area contributed by atoms with Gasteiger partial charge in [0.25, 0.3) is 0 Å². The molecule has 2 N–H and O–H groups in total. The number of anilines is 1. The van der Waals surface area contributed by atoms with Gasteiger partial charge < -0.3 is 10.6 Å². The van der Waals surface area contributed by atoms with E-state index in [1.807, 2.05) is 36.4 Å². The van der Waals surface area contributed by atoms with Crippen LogP contribution < -0.4 is 10.6 Å². The molecule has 0 aliphatic rings. The van der Waals surface area contributed by atoms with E-state index in [-0.39, 0.29) is 12.5 Å². The molecule has 2 rings (SSSR count). The lowest BCUT2D eigenvalue weighted by molar-refractivity contribution is -0.115. The monoisotopic (exact) mass is 343 g/mol. The van der Waals surface area contributed by atoms with Crippen LogP contribution in [-0.4, -0.2) is 12.5 Å². The maximum atomic E-state index is 11.8. The number of hydrogen-bond donors (Lipinski definition) is 2. The number of nitrogens with zero attached hydrogens (tertiary/aromatic N) is 1. The molecule has 0 atom stereocenters. The van der Waals surface area contributed by atoms with E-state index in [0.29, 0.717) is 12.1 Å². The van der Waals surface area contributed by atoms with Crippen LogP contribution in [0.3, 0.4) is 0 Å². The molecule has 21 heavy (non-hydrogen) atoms. The van der Waals surface area contributed by atoms with Crippen LogP contribution in [0.15, 0.2) is 53.0 Å². The quantitative estimate of drug-likeness (QED) is 0.876. The highest BCUT2D eigenvalue weighted by atomic mass is 79.9. The highest BCUT2D eigenvalue weighted by Gasteiger charge is 2.02. The van der Waals surface area contributed by atoms with E-state index in [1.165, 1.54) is 0 Å². The van der Waals surface area contributed by atoms with Crippen LogP contribution >= 0.6 is 15.9 Å². The molecule has 0 aliphatic heterocycles. The number of nitrogens with one attached hydrogen (secondary N) is 2. The molecule has 0 heterocycles. The van der Waals surface area contributed by atoms with E-state index in [4.69, 9.17) is 5.26 Å². The zero-order chi connectivity index (χ0) is 15.1. The minimum Gasteiger partial charge on any atom is -0.325 e. The van der Waals surface area contributed by atoms with Gasteiger partial charge in [0.05, 0.1) is 18.2 Å². The molecule has 0 fully saturated rings. The number of benzene rings is 2. The molecule has 0 aromatic heterocycles. The fourth-order valence-electron chi connectivity index (χ4n) is 1.81. The number of amides is 1. The third-order valence-corrected chi connectivity index (χ3v) is 3.33. The summed E-state index contributed by atoms with van der Waals surface area (Å²) in [6, 6.07) is 16.8. The van der Waals surface area contributed by atoms with Crippen LogP contribution in [-0.2, 0) is 11.3 Å². The maximum Gasteiger partial charge on any atom is 0.238 e. The number of rotatable bonds is 5. The summed E-state index contributed by atoms with van der Waals surface area (Å²) in [7, 11) is 0. The predicted octanol–water partition coefficient (Wildman–Crippen LogP) is 3.05. The molecule has 0 aliphatic carbocycles. The molecule has 5 heteroatoms. The normalized spacial score (nSPS) is 9.90. The number of hydrogen-bond acceptors (Lipinski definition) is 3. The third kappa shape index (κ3) is 5.03. The summed E-state index contributed by atoms with van der Waals surface area (Å²) in [5, 5.41) is 14.7. The first-order valence-corrected chi connectivity index (χ1v) is 7.22. The van der Waals surface area contributed by atoms with Crippen molar-refractivity contribution in [2.75, 3.05) is 11.9 Å². The molecular formula is C16H14BrN3O. The lowest BCUT2D eigenvalue weighted by Gasteiger charge is -2.07. The first-order chi connectivity index (χ1) is 10.2. The van der Waals surface area contributed by atoms with Crippen LogP contribution in [0, 0.1) is 11.3 Å². The topological polar surface area (TPSA) is 64.9 Å². The number of halogens is 1. The van der Waals surface area contributed by atoms with Gasteiger partial charge in [-0.2, -0.15) is 5.26 Å². The van der Waals surface area contributed by atoms with Crippen molar-refractivity contribution in [3.05, 3.63) is 64.1 Å². The summed E-state index contributed by atoms with van der Waals surface area (Å²) in [5.74, 6) is -0.103. The van der Waals surface area contributed by atoms with Crippen molar-refractivity contribution in [3.8, 4) is 6.07 Å². The van der Waals surface area contributed by atoms with Crippen LogP contribution in [0.25, 0.3) is 0 Å². The van der Waals surface area contributed by atoms with E-state index >= 15 is 0 Å². The lowest BCUT2D eigenvalue weighted by Crippen LogP contribution is -2.27. The van der Waals surface area contributed by atoms with Gasteiger partial charge in [0.2, 0.25) is 5.91 Å². The van der Waals surface area contributed by atoms with Gasteiger partial charge in [-0.15, -0.1) is 0 Å². The summed E-state index contributed by atoms with van der Waals surface area (Å²) in [6.07, 6.45) is 0. The predicted molar refractivity (Wildman–Crippen MR) is 85.6 cm³/mol. The van der Waals surface area contributed by atoms with Gasteiger partial charge in [-0.05, 0) is 42.0 Å². The molecule has 4 nitrogen and oxygen atoms in total. The highest BCUT2D eigenvalue weighted by molar-refractivity contribution is 9.10. The maximum absolute atomic E-state index is 11.8. The Morgan fingerprint density at radius 1 is 1.19 bits per heavy atom. The molecule has 0 bridgehead atoms. The van der Waals surface area contributed by atoms with Gasteiger partial charge in [0.15, 0.2) is 0 Å². The van der Waals surface area contributed by atoms with Crippen LogP contribution in [0.5, 0.6) is 0 Å². The molecule has 0 saturated heterocycles. The smallest absolute Gasteiger partial charge is 0.238 e. The first-order valence-electron chi connectivity index (χ1n) is 6.42. The third-order valence-electron chi connectivity index (χ3n) is 2.80. The summed E-state index contributed by atoms with van der Waals surface area (Å²) < 4.78 is 0.969. The summed E-state index contributed by atoms with van der Waals surface area (Å²) in [5.41, 5.74) is 2.36. The SMILES string of the molecule is N#Cc1cccc(CNCC(=O)Nc2ccc(Br)cc2)c1. The van der Waals surface area contributed by atoms with E-state index in [9.17, 15) is 4.79 Å². The Morgan fingerprint density at radius 2 is 1.95 bits per heavy atom. The fraction of sp³-hybridized carbons (Fsp3) is 0.125. The average molecular weight is 344 g/mol. The Morgan fingerprint density at radius 3 is 2.67 bits per heavy atom. The summed E-state index contributed by atoms with van der Waals surface area (Å²) in [4.78, 5) is 11.8. The van der Waals surface area contributed by atoms with E-state index in [0.717, 1.165) is 15.7 Å². The molecular weight excluding hydrogens is 330 g/mol. The molecule has 106 valence electrons. The molecule has 0 radical (unpaired) electrons. The number of carbonyl (C=O) groups excluding carboxylic acids is 1. The van der Waals surface area contributed by atoms with E-state index < -0.39 is 0 Å². The zero-order valence-electron chi connectivity index (χ0n) is 11.3. The van der Waals surface area contributed by atoms with Crippen molar-refractivity contribution in [3.63, 3.8) is 0 Å². The Labute approximate surface area is 131 Å². The van der Waals surface area contributed by atoms with Gasteiger partial charge in [0.1, 0.15) is 0 Å². The van der Waals surface area contributed by atoms with Crippen molar-refractivity contribution < 1.29 is 4.79 Å². The minimum absolute atomic E-state index is 0.103. The molecule has 2 aromatic carbocycles. The van der Waals surface area contributed by atoms with Gasteiger partial charge in [-0.3, -0.25) is 4.79 Å². The highest BCUT2D eigenvalue weighted by Crippen LogP contribution is 2.13. The average Bonchev–Trinajstić information content (AvgIpc) is 2.50. The largest absolute Gasteiger partial charge is 0.325 e. The summed E-state index contributed by atoms with van der Waals surface area (Å²) in [6.45, 7) is 0.760. The zero-order valence-corrected chi connectivity index (χ0v) is 12.9. The fourth-order valence-corrected chi connectivity index (χ4v) is 2.07. The van der Waals surface area contributed by atoms with Crippen molar-refractivity contribution in [2.45, 2.75) is 6.54 Å². The van der Waals surface area contributed by atoms with Gasteiger partial charge in [-0.25, -0.2) is 0 Å². The van der Waals surface area contributed by atoms with Crippen LogP contribution in [0.1, 0.15) is 11.1 Å². The summed E-state index contributed by atoms with van der Waals surface area (Å²) >= 11 is 3.34. The van der Waals surface area contributed by atoms with Gasteiger partial charge >= 0.3 is 0 Å². The van der Waals surface area contributed by atoms with Gasteiger partial charge in [-0.1, -0.05) is 28.1 Å². The second-order valence-corrected chi connectivity index (χ2v) is 5.39. The first kappa shape index (κ1) is 15.2. The lowest BCUT2D eigenvalue weighted by atomic mass is 10.1. The van der Waals surface area contributed by atoms with E-state index in [2.05, 4.69) is 32.6 Å². The second-order valence-electron chi connectivity index (χ2n) is 4.47. The molecule has 2 aromatic rings. The minimum atomic E-state index is -0.103. The Balaban J connectivity index is 1.79. The van der Waals surface area contributed by atoms with Crippen molar-refractivity contribution in [2.24, 2.45) is 0 Å². The van der Waals surface area contributed by atoms with Crippen molar-refractivity contribution >= 4 is 27.5 Å². The van der Waals surface area contributed by atoms with Crippen molar-refractivity contribution in [1.29, 1.82) is 5.26 Å². The standard InChI is InChI=1S/C16H14BrN3O/c17-14-4-6-15(7-5-14)20-16(21)11-19-10-13-3-1-2-12(8-13)9-18/h1-8,19H,10-11H2,(H,20,21). The second kappa shape index (κ2) is 7.58. The molecule has 0 unspecified atom stereocenters. The number of carbonyl (C=O) groups is 1. The van der Waals surface area contributed by atoms with Crippen LogP contribution in [0.4, 0.5) is 5.69 Å². The Kier molecular flexibility index (Phi) is 5.50.